The SMILES string of the molecule is COc1cc(O)ccc1C1C2=CCC3C(=O)N(c4ccc(C(C)=O)cc4)C(=O)C3C2CC2=C1C(=O)C(C)=CC2=O. The summed E-state index contributed by atoms with van der Waals surface area (Å²) in [7, 11) is 1.46. The normalized spacial score (nSPS) is 25.7. The predicted octanol–water partition coefficient (Wildman–Crippen LogP) is 4.24. The fourth-order valence-electron chi connectivity index (χ4n) is 6.75. The summed E-state index contributed by atoms with van der Waals surface area (Å²) in [6, 6.07) is 11.0. The minimum absolute atomic E-state index is 0.00928. The fraction of sp³-hybridized carbons (Fsp3) is 0.281. The largest absolute Gasteiger partial charge is 0.508 e. The van der Waals surface area contributed by atoms with E-state index < -0.39 is 23.7 Å². The fourth-order valence-corrected chi connectivity index (χ4v) is 6.75. The third kappa shape index (κ3) is 3.70. The quantitative estimate of drug-likeness (QED) is 0.268. The predicted molar refractivity (Wildman–Crippen MR) is 145 cm³/mol. The van der Waals surface area contributed by atoms with Gasteiger partial charge in [-0.05, 0) is 69.0 Å². The maximum Gasteiger partial charge on any atom is 0.238 e. The van der Waals surface area contributed by atoms with Gasteiger partial charge in [0.2, 0.25) is 11.8 Å². The molecule has 8 nitrogen and oxygen atoms in total. The molecule has 202 valence electrons. The van der Waals surface area contributed by atoms with Crippen molar-refractivity contribution < 1.29 is 33.8 Å². The molecule has 1 fully saturated rings. The highest BCUT2D eigenvalue weighted by atomic mass is 16.5. The van der Waals surface area contributed by atoms with Crippen LogP contribution in [-0.2, 0) is 19.2 Å². The van der Waals surface area contributed by atoms with Crippen molar-refractivity contribution in [3.8, 4) is 11.5 Å². The highest BCUT2D eigenvalue weighted by molar-refractivity contribution is 6.25. The van der Waals surface area contributed by atoms with Crippen molar-refractivity contribution in [3.05, 3.63) is 88.0 Å². The van der Waals surface area contributed by atoms with Gasteiger partial charge in [-0.1, -0.05) is 17.7 Å². The number of phenols is 1. The Balaban J connectivity index is 1.47. The number of hydrogen-bond acceptors (Lipinski definition) is 7. The van der Waals surface area contributed by atoms with Crippen LogP contribution < -0.4 is 9.64 Å². The lowest BCUT2D eigenvalue weighted by atomic mass is 9.59. The van der Waals surface area contributed by atoms with Gasteiger partial charge in [0.15, 0.2) is 17.3 Å². The molecule has 0 radical (unpaired) electrons. The van der Waals surface area contributed by atoms with E-state index in [0.29, 0.717) is 45.7 Å². The van der Waals surface area contributed by atoms with E-state index in [1.807, 2.05) is 6.08 Å². The van der Waals surface area contributed by atoms with Crippen LogP contribution in [0.15, 0.2) is 76.9 Å². The van der Waals surface area contributed by atoms with E-state index in [0.717, 1.165) is 5.57 Å². The summed E-state index contributed by atoms with van der Waals surface area (Å²) in [5.41, 5.74) is 3.33. The lowest BCUT2D eigenvalue weighted by Crippen LogP contribution is -2.40. The zero-order chi connectivity index (χ0) is 28.5. The third-order valence-electron chi connectivity index (χ3n) is 8.62. The average Bonchev–Trinajstić information content (AvgIpc) is 3.20. The van der Waals surface area contributed by atoms with Crippen molar-refractivity contribution in [1.29, 1.82) is 0 Å². The molecule has 1 saturated heterocycles. The number of anilines is 1. The van der Waals surface area contributed by atoms with Crippen LogP contribution >= 0.6 is 0 Å². The number of ketones is 3. The molecule has 40 heavy (non-hydrogen) atoms. The Morgan fingerprint density at radius 3 is 2.40 bits per heavy atom. The summed E-state index contributed by atoms with van der Waals surface area (Å²) in [5, 5.41) is 10.1. The topological polar surface area (TPSA) is 118 Å². The lowest BCUT2D eigenvalue weighted by molar-refractivity contribution is -0.123. The van der Waals surface area contributed by atoms with Crippen molar-refractivity contribution in [2.45, 2.75) is 32.6 Å². The number of aromatic hydroxyl groups is 1. The number of methoxy groups -OCH3 is 1. The Labute approximate surface area is 230 Å². The van der Waals surface area contributed by atoms with Gasteiger partial charge in [0.25, 0.3) is 0 Å². The number of ether oxygens (including phenoxy) is 1. The number of carbonyl (C=O) groups excluding carboxylic acids is 5. The zero-order valence-corrected chi connectivity index (χ0v) is 22.3. The van der Waals surface area contributed by atoms with Crippen LogP contribution in [0.25, 0.3) is 0 Å². The number of nitrogens with zero attached hydrogens (tertiary/aromatic N) is 1. The molecule has 4 atom stereocenters. The molecule has 0 aromatic heterocycles. The second-order valence-corrected chi connectivity index (χ2v) is 10.8. The highest BCUT2D eigenvalue weighted by Crippen LogP contribution is 2.56. The Kier molecular flexibility index (Phi) is 5.94. The highest BCUT2D eigenvalue weighted by Gasteiger charge is 2.56. The van der Waals surface area contributed by atoms with Gasteiger partial charge in [0.1, 0.15) is 11.5 Å². The van der Waals surface area contributed by atoms with Crippen molar-refractivity contribution in [1.82, 2.24) is 0 Å². The number of benzene rings is 2. The van der Waals surface area contributed by atoms with Gasteiger partial charge in [0.05, 0.1) is 24.6 Å². The molecule has 0 saturated carbocycles. The van der Waals surface area contributed by atoms with E-state index in [4.69, 9.17) is 4.74 Å². The molecule has 4 aliphatic rings. The van der Waals surface area contributed by atoms with Gasteiger partial charge < -0.3 is 9.84 Å². The first-order valence-electron chi connectivity index (χ1n) is 13.2. The second-order valence-electron chi connectivity index (χ2n) is 10.8. The van der Waals surface area contributed by atoms with Crippen molar-refractivity contribution >= 4 is 34.9 Å². The average molecular weight is 538 g/mol. The van der Waals surface area contributed by atoms with Crippen LogP contribution in [0.5, 0.6) is 11.5 Å². The number of amides is 2. The molecule has 1 heterocycles. The van der Waals surface area contributed by atoms with Gasteiger partial charge in [-0.3, -0.25) is 28.9 Å². The van der Waals surface area contributed by atoms with Gasteiger partial charge in [-0.15, -0.1) is 0 Å². The number of carbonyl (C=O) groups is 5. The summed E-state index contributed by atoms with van der Waals surface area (Å²) >= 11 is 0. The molecule has 3 aliphatic carbocycles. The number of imide groups is 1. The van der Waals surface area contributed by atoms with E-state index in [1.54, 1.807) is 37.3 Å². The molecule has 2 aromatic carbocycles. The van der Waals surface area contributed by atoms with Crippen LogP contribution in [0.2, 0.25) is 0 Å². The Hall–Kier alpha value is -4.59. The van der Waals surface area contributed by atoms with E-state index in [2.05, 4.69) is 0 Å². The Morgan fingerprint density at radius 2 is 1.73 bits per heavy atom. The summed E-state index contributed by atoms with van der Waals surface area (Å²) in [4.78, 5) is 67.3. The Morgan fingerprint density at radius 1 is 1.00 bits per heavy atom. The van der Waals surface area contributed by atoms with Gasteiger partial charge in [-0.2, -0.15) is 0 Å². The van der Waals surface area contributed by atoms with Gasteiger partial charge in [-0.25, -0.2) is 0 Å². The standard InChI is InChI=1S/C32H27NO7/c1-15-12-25(36)24-14-23-20(27(29(24)30(15)37)21-9-8-19(35)13-26(21)40-3)10-11-22-28(23)32(39)33(31(22)38)18-6-4-17(5-7-18)16(2)34/h4-10,12-13,22-23,27-28,35H,11,14H2,1-3H3. The van der Waals surface area contributed by atoms with Crippen molar-refractivity contribution in [2.75, 3.05) is 12.0 Å². The maximum atomic E-state index is 14.0. The van der Waals surface area contributed by atoms with Crippen molar-refractivity contribution in [3.63, 3.8) is 0 Å². The molecule has 1 N–H and O–H groups in total. The van der Waals surface area contributed by atoms with Gasteiger partial charge in [0, 0.05) is 39.8 Å². The van der Waals surface area contributed by atoms with Crippen LogP contribution in [0.1, 0.15) is 48.5 Å². The number of phenolic OH excluding ortho intramolecular Hbond substituents is 1. The lowest BCUT2D eigenvalue weighted by Gasteiger charge is -2.42. The summed E-state index contributed by atoms with van der Waals surface area (Å²) in [6.07, 6.45) is 3.75. The van der Waals surface area contributed by atoms with Crippen LogP contribution in [-0.4, -0.2) is 41.4 Å². The first-order valence-corrected chi connectivity index (χ1v) is 13.2. The zero-order valence-electron chi connectivity index (χ0n) is 22.3. The number of allylic oxidation sites excluding steroid dienone is 6. The van der Waals surface area contributed by atoms with E-state index in [1.165, 1.54) is 37.1 Å². The summed E-state index contributed by atoms with van der Waals surface area (Å²) in [5.74, 6) is -3.44. The maximum absolute atomic E-state index is 14.0. The molecule has 0 bridgehead atoms. The summed E-state index contributed by atoms with van der Waals surface area (Å²) in [6.45, 7) is 3.06. The monoisotopic (exact) mass is 537 g/mol. The van der Waals surface area contributed by atoms with Crippen LogP contribution in [0.3, 0.4) is 0 Å². The molecule has 4 unspecified atom stereocenters. The van der Waals surface area contributed by atoms with Crippen LogP contribution in [0.4, 0.5) is 5.69 Å². The third-order valence-corrected chi connectivity index (χ3v) is 8.62. The molecular formula is C32H27NO7. The molecule has 2 aromatic rings. The number of hydrogen-bond donors (Lipinski definition) is 1. The first kappa shape index (κ1) is 25.7. The molecule has 1 aliphatic heterocycles. The van der Waals surface area contributed by atoms with Crippen LogP contribution in [0, 0.1) is 17.8 Å². The van der Waals surface area contributed by atoms with E-state index in [9.17, 15) is 29.1 Å². The number of rotatable bonds is 4. The van der Waals surface area contributed by atoms with E-state index >= 15 is 0 Å². The first-order chi connectivity index (χ1) is 19.1. The Bertz CT molecular complexity index is 1620. The molecular weight excluding hydrogens is 510 g/mol. The molecule has 8 heteroatoms. The van der Waals surface area contributed by atoms with Crippen molar-refractivity contribution in [2.24, 2.45) is 17.8 Å². The molecule has 2 amide bonds. The molecule has 0 spiro atoms. The molecule has 6 rings (SSSR count). The number of fused-ring (bicyclic) bond motifs is 3. The van der Waals surface area contributed by atoms with E-state index in [-0.39, 0.29) is 41.3 Å². The minimum atomic E-state index is -0.713. The second kappa shape index (κ2) is 9.26. The van der Waals surface area contributed by atoms with Gasteiger partial charge >= 0.3 is 0 Å². The minimum Gasteiger partial charge on any atom is -0.508 e. The summed E-state index contributed by atoms with van der Waals surface area (Å²) < 4.78 is 5.58. The smallest absolute Gasteiger partial charge is 0.238 e. The number of Topliss-reactive ketones (excluding diaryl/α,β-unsaturated/α-hetero) is 2.